The minimum Gasteiger partial charge on any atom is -0.349 e. The summed E-state index contributed by atoms with van der Waals surface area (Å²) in [4.78, 5) is 29.0. The van der Waals surface area contributed by atoms with E-state index in [1.165, 1.54) is 30.5 Å². The second-order valence-corrected chi connectivity index (χ2v) is 8.17. The van der Waals surface area contributed by atoms with Gasteiger partial charge in [-0.3, -0.25) is 14.6 Å². The molecule has 0 saturated heterocycles. The minimum absolute atomic E-state index is 0.0323. The first-order valence-electron chi connectivity index (χ1n) is 10.1. The van der Waals surface area contributed by atoms with E-state index >= 15 is 0 Å². The fraction of sp³-hybridized carbons (Fsp3) is 0.208. The van der Waals surface area contributed by atoms with Gasteiger partial charge in [-0.2, -0.15) is 0 Å². The van der Waals surface area contributed by atoms with Crippen molar-refractivity contribution in [1.29, 1.82) is 0 Å². The molecule has 2 N–H and O–H groups in total. The van der Waals surface area contributed by atoms with E-state index in [1.807, 2.05) is 0 Å². The fourth-order valence-electron chi connectivity index (χ4n) is 3.22. The van der Waals surface area contributed by atoms with Gasteiger partial charge in [-0.25, -0.2) is 8.78 Å². The number of hydrogen-bond donors (Lipinski definition) is 2. The second-order valence-electron chi connectivity index (χ2n) is 7.73. The van der Waals surface area contributed by atoms with Crippen molar-refractivity contribution in [2.24, 2.45) is 0 Å². The van der Waals surface area contributed by atoms with Crippen LogP contribution in [0.5, 0.6) is 0 Å². The number of carbonyl (C=O) groups excluding carboxylic acids is 2. The van der Waals surface area contributed by atoms with Crippen molar-refractivity contribution in [2.45, 2.75) is 32.4 Å². The lowest BCUT2D eigenvalue weighted by Gasteiger charge is -2.11. The predicted octanol–water partition coefficient (Wildman–Crippen LogP) is 4.81. The molecule has 1 fully saturated rings. The van der Waals surface area contributed by atoms with E-state index in [2.05, 4.69) is 15.6 Å². The van der Waals surface area contributed by atoms with Crippen LogP contribution in [0.15, 0.2) is 48.7 Å². The number of hydrogen-bond acceptors (Lipinski definition) is 3. The topological polar surface area (TPSA) is 71.1 Å². The van der Waals surface area contributed by atoms with E-state index in [4.69, 9.17) is 11.6 Å². The number of halogens is 3. The van der Waals surface area contributed by atoms with Gasteiger partial charge in [-0.05, 0) is 67.8 Å². The molecule has 1 aliphatic carbocycles. The van der Waals surface area contributed by atoms with Crippen molar-refractivity contribution in [2.75, 3.05) is 0 Å². The summed E-state index contributed by atoms with van der Waals surface area (Å²) in [5, 5.41) is 5.83. The summed E-state index contributed by atoms with van der Waals surface area (Å²) < 4.78 is 28.3. The minimum atomic E-state index is -0.504. The van der Waals surface area contributed by atoms with E-state index in [0.29, 0.717) is 21.8 Å². The molecule has 1 heterocycles. The third-order valence-electron chi connectivity index (χ3n) is 5.27. The predicted molar refractivity (Wildman–Crippen MR) is 117 cm³/mol. The molecule has 1 aromatic heterocycles. The standard InChI is InChI=1S/C24H20ClF2N3O2/c1-13-19(9-15(10-21(13)27)24(32)30-18-4-5-18)22-7-2-14(11-28-22)23(31)29-12-16-8-17(25)3-6-20(16)26/h2-3,6-11,18H,4-5,12H2,1H3,(H,29,31)(H,30,32). The molecule has 0 radical (unpaired) electrons. The summed E-state index contributed by atoms with van der Waals surface area (Å²) in [6, 6.07) is 10.2. The van der Waals surface area contributed by atoms with Crippen LogP contribution in [0.2, 0.25) is 5.02 Å². The van der Waals surface area contributed by atoms with E-state index in [0.717, 1.165) is 12.8 Å². The van der Waals surface area contributed by atoms with Gasteiger partial charge in [0.2, 0.25) is 0 Å². The van der Waals surface area contributed by atoms with Crippen molar-refractivity contribution >= 4 is 23.4 Å². The van der Waals surface area contributed by atoms with Crippen molar-refractivity contribution < 1.29 is 18.4 Å². The highest BCUT2D eigenvalue weighted by Gasteiger charge is 2.24. The Morgan fingerprint density at radius 3 is 2.50 bits per heavy atom. The van der Waals surface area contributed by atoms with E-state index in [1.54, 1.807) is 25.1 Å². The normalized spacial score (nSPS) is 13.0. The number of pyridine rings is 1. The van der Waals surface area contributed by atoms with Crippen LogP contribution in [0.4, 0.5) is 8.78 Å². The number of carbonyl (C=O) groups is 2. The van der Waals surface area contributed by atoms with Gasteiger partial charge in [-0.15, -0.1) is 0 Å². The lowest BCUT2D eigenvalue weighted by atomic mass is 10.00. The molecule has 0 unspecified atom stereocenters. The van der Waals surface area contributed by atoms with Crippen LogP contribution < -0.4 is 10.6 Å². The average Bonchev–Trinajstić information content (AvgIpc) is 3.60. The molecule has 1 saturated carbocycles. The average molecular weight is 456 g/mol. The number of benzene rings is 2. The molecule has 8 heteroatoms. The lowest BCUT2D eigenvalue weighted by molar-refractivity contribution is 0.0942. The summed E-state index contributed by atoms with van der Waals surface area (Å²) >= 11 is 5.87. The van der Waals surface area contributed by atoms with Crippen LogP contribution in [-0.4, -0.2) is 22.8 Å². The third kappa shape index (κ3) is 4.94. The Morgan fingerprint density at radius 1 is 1.03 bits per heavy atom. The van der Waals surface area contributed by atoms with Gasteiger partial charge in [0.1, 0.15) is 11.6 Å². The number of rotatable bonds is 6. The molecular weight excluding hydrogens is 436 g/mol. The summed E-state index contributed by atoms with van der Waals surface area (Å²) in [7, 11) is 0. The first kappa shape index (κ1) is 21.9. The molecule has 0 bridgehead atoms. The Bertz CT molecular complexity index is 1190. The lowest BCUT2D eigenvalue weighted by Crippen LogP contribution is -2.25. The van der Waals surface area contributed by atoms with Gasteiger partial charge in [-0.1, -0.05) is 11.6 Å². The second kappa shape index (κ2) is 9.04. The highest BCUT2D eigenvalue weighted by Crippen LogP contribution is 2.27. The van der Waals surface area contributed by atoms with E-state index < -0.39 is 17.5 Å². The number of aromatic nitrogens is 1. The summed E-state index contributed by atoms with van der Waals surface area (Å²) in [5.74, 6) is -1.73. The molecule has 0 atom stereocenters. The third-order valence-corrected chi connectivity index (χ3v) is 5.50. The molecule has 5 nitrogen and oxygen atoms in total. The largest absolute Gasteiger partial charge is 0.349 e. The van der Waals surface area contributed by atoms with E-state index in [9.17, 15) is 18.4 Å². The van der Waals surface area contributed by atoms with Crippen molar-refractivity contribution in [3.8, 4) is 11.3 Å². The molecule has 4 rings (SSSR count). The van der Waals surface area contributed by atoms with Gasteiger partial charge in [0.15, 0.2) is 0 Å². The van der Waals surface area contributed by atoms with Crippen LogP contribution in [0, 0.1) is 18.6 Å². The Balaban J connectivity index is 1.50. The Hall–Kier alpha value is -3.32. The number of nitrogens with one attached hydrogen (secondary N) is 2. The maximum atomic E-state index is 14.5. The maximum Gasteiger partial charge on any atom is 0.253 e. The molecule has 2 aromatic carbocycles. The summed E-state index contributed by atoms with van der Waals surface area (Å²) in [6.07, 6.45) is 3.22. The fourth-order valence-corrected chi connectivity index (χ4v) is 3.41. The summed E-state index contributed by atoms with van der Waals surface area (Å²) in [6.45, 7) is 1.57. The highest BCUT2D eigenvalue weighted by atomic mass is 35.5. The van der Waals surface area contributed by atoms with Crippen LogP contribution in [0.25, 0.3) is 11.3 Å². The Morgan fingerprint density at radius 2 is 1.81 bits per heavy atom. The Labute approximate surface area is 188 Å². The quantitative estimate of drug-likeness (QED) is 0.560. The van der Waals surface area contributed by atoms with Crippen molar-refractivity contribution in [3.05, 3.63) is 87.6 Å². The molecule has 0 aliphatic heterocycles. The molecular formula is C24H20ClF2N3O2. The van der Waals surface area contributed by atoms with Crippen molar-refractivity contribution in [3.63, 3.8) is 0 Å². The Kier molecular flexibility index (Phi) is 6.19. The molecule has 2 amide bonds. The van der Waals surface area contributed by atoms with Crippen LogP contribution >= 0.6 is 11.6 Å². The molecule has 0 spiro atoms. The number of nitrogens with zero attached hydrogens (tertiary/aromatic N) is 1. The first-order chi connectivity index (χ1) is 15.3. The molecule has 1 aliphatic rings. The van der Waals surface area contributed by atoms with Gasteiger partial charge in [0.25, 0.3) is 11.8 Å². The first-order valence-corrected chi connectivity index (χ1v) is 10.5. The zero-order chi connectivity index (χ0) is 22.8. The van der Waals surface area contributed by atoms with E-state index in [-0.39, 0.29) is 35.2 Å². The van der Waals surface area contributed by atoms with Gasteiger partial charge in [0, 0.05) is 40.5 Å². The molecule has 3 aromatic rings. The number of amides is 2. The summed E-state index contributed by atoms with van der Waals surface area (Å²) in [5.41, 5.74) is 2.01. The van der Waals surface area contributed by atoms with Gasteiger partial charge >= 0.3 is 0 Å². The highest BCUT2D eigenvalue weighted by molar-refractivity contribution is 6.30. The monoisotopic (exact) mass is 455 g/mol. The van der Waals surface area contributed by atoms with Gasteiger partial charge in [0.05, 0.1) is 11.3 Å². The van der Waals surface area contributed by atoms with Crippen molar-refractivity contribution in [1.82, 2.24) is 15.6 Å². The zero-order valence-electron chi connectivity index (χ0n) is 17.2. The zero-order valence-corrected chi connectivity index (χ0v) is 18.0. The van der Waals surface area contributed by atoms with Crippen LogP contribution in [-0.2, 0) is 6.54 Å². The SMILES string of the molecule is Cc1c(F)cc(C(=O)NC2CC2)cc1-c1ccc(C(=O)NCc2cc(Cl)ccc2F)cn1. The van der Waals surface area contributed by atoms with Crippen LogP contribution in [0.3, 0.4) is 0 Å². The smallest absolute Gasteiger partial charge is 0.253 e. The van der Waals surface area contributed by atoms with Crippen LogP contribution in [0.1, 0.15) is 44.7 Å². The van der Waals surface area contributed by atoms with Gasteiger partial charge < -0.3 is 10.6 Å². The molecule has 164 valence electrons. The maximum absolute atomic E-state index is 14.5. The molecule has 32 heavy (non-hydrogen) atoms.